The minimum atomic E-state index is -0.0322. The molecule has 1 amide bonds. The molecule has 0 spiro atoms. The van der Waals surface area contributed by atoms with E-state index >= 15 is 0 Å². The van der Waals surface area contributed by atoms with Gasteiger partial charge in [0.25, 0.3) is 5.91 Å². The number of thioether (sulfide) groups is 1. The van der Waals surface area contributed by atoms with E-state index in [9.17, 15) is 4.79 Å². The molecule has 0 aliphatic carbocycles. The summed E-state index contributed by atoms with van der Waals surface area (Å²) < 4.78 is 0. The Balaban J connectivity index is 2.01. The Morgan fingerprint density at radius 1 is 1.05 bits per heavy atom. The average molecular weight is 311 g/mol. The molecule has 0 saturated carbocycles. The number of amides is 1. The predicted octanol–water partition coefficient (Wildman–Crippen LogP) is 5.27. The summed E-state index contributed by atoms with van der Waals surface area (Å²) in [6, 6.07) is 18.1. The van der Waals surface area contributed by atoms with Crippen molar-refractivity contribution in [2.75, 3.05) is 5.32 Å². The largest absolute Gasteiger partial charge is 0.322 e. The lowest BCUT2D eigenvalue weighted by atomic mass is 10.1. The summed E-state index contributed by atoms with van der Waals surface area (Å²) in [4.78, 5) is 13.5. The van der Waals surface area contributed by atoms with Gasteiger partial charge in [-0.3, -0.25) is 4.79 Å². The predicted molar refractivity (Wildman–Crippen MR) is 95.1 cm³/mol. The summed E-state index contributed by atoms with van der Waals surface area (Å²) in [5.74, 6) is -0.0322. The number of nitrogens with one attached hydrogen (secondary N) is 1. The topological polar surface area (TPSA) is 29.1 Å². The van der Waals surface area contributed by atoms with Crippen molar-refractivity contribution in [3.8, 4) is 0 Å². The summed E-state index contributed by atoms with van der Waals surface area (Å²) >= 11 is 1.58. The van der Waals surface area contributed by atoms with Crippen LogP contribution in [0.3, 0.4) is 0 Å². The Labute approximate surface area is 136 Å². The summed E-state index contributed by atoms with van der Waals surface area (Å²) in [5.41, 5.74) is 2.89. The zero-order valence-corrected chi connectivity index (χ0v) is 13.8. The fourth-order valence-corrected chi connectivity index (χ4v) is 2.84. The van der Waals surface area contributed by atoms with E-state index in [4.69, 9.17) is 0 Å². The SMILES string of the molecule is CC/C(=C\Sc1ccccc1)C(=O)Nc1ccc(CC)cc1. The smallest absolute Gasteiger partial charge is 0.252 e. The molecule has 3 heteroatoms. The molecule has 0 bridgehead atoms. The van der Waals surface area contributed by atoms with Gasteiger partial charge in [0.2, 0.25) is 0 Å². The third-order valence-electron chi connectivity index (χ3n) is 3.37. The van der Waals surface area contributed by atoms with Gasteiger partial charge in [-0.1, -0.05) is 55.9 Å². The first-order valence-corrected chi connectivity index (χ1v) is 8.42. The molecule has 114 valence electrons. The normalized spacial score (nSPS) is 11.3. The second kappa shape index (κ2) is 8.44. The molecular formula is C19H21NOS. The lowest BCUT2D eigenvalue weighted by molar-refractivity contribution is -0.112. The fourth-order valence-electron chi connectivity index (χ4n) is 1.97. The van der Waals surface area contributed by atoms with E-state index in [-0.39, 0.29) is 5.91 Å². The van der Waals surface area contributed by atoms with Crippen LogP contribution < -0.4 is 5.32 Å². The molecule has 2 aromatic rings. The number of benzene rings is 2. The van der Waals surface area contributed by atoms with Crippen LogP contribution in [0.15, 0.2) is 70.5 Å². The summed E-state index contributed by atoms with van der Waals surface area (Å²) in [5, 5.41) is 4.90. The number of rotatable bonds is 6. The van der Waals surface area contributed by atoms with E-state index in [2.05, 4.69) is 12.2 Å². The highest BCUT2D eigenvalue weighted by Crippen LogP contribution is 2.22. The molecule has 0 heterocycles. The standard InChI is InChI=1S/C19H21NOS/c1-3-15-10-12-17(13-11-15)20-19(21)16(4-2)14-22-18-8-6-5-7-9-18/h5-14H,3-4H2,1-2H3,(H,20,21)/b16-14+. The van der Waals surface area contributed by atoms with Crippen LogP contribution in [0.2, 0.25) is 0 Å². The Kier molecular flexibility index (Phi) is 6.28. The lowest BCUT2D eigenvalue weighted by Gasteiger charge is -2.08. The molecule has 0 atom stereocenters. The highest BCUT2D eigenvalue weighted by Gasteiger charge is 2.08. The maximum atomic E-state index is 12.3. The van der Waals surface area contributed by atoms with Gasteiger partial charge in [-0.05, 0) is 48.1 Å². The van der Waals surface area contributed by atoms with Crippen molar-refractivity contribution in [2.24, 2.45) is 0 Å². The van der Waals surface area contributed by atoms with Crippen LogP contribution in [-0.4, -0.2) is 5.91 Å². The van der Waals surface area contributed by atoms with Gasteiger partial charge in [0.1, 0.15) is 0 Å². The molecule has 0 aliphatic rings. The van der Waals surface area contributed by atoms with Crippen LogP contribution in [-0.2, 0) is 11.2 Å². The molecule has 0 unspecified atom stereocenters. The Hall–Kier alpha value is -2.00. The van der Waals surface area contributed by atoms with Crippen molar-refractivity contribution in [3.63, 3.8) is 0 Å². The zero-order valence-electron chi connectivity index (χ0n) is 13.0. The van der Waals surface area contributed by atoms with E-state index in [0.29, 0.717) is 6.42 Å². The number of anilines is 1. The van der Waals surface area contributed by atoms with Gasteiger partial charge in [0, 0.05) is 16.2 Å². The molecular weight excluding hydrogens is 290 g/mol. The van der Waals surface area contributed by atoms with Crippen LogP contribution in [0, 0.1) is 0 Å². The van der Waals surface area contributed by atoms with Crippen LogP contribution in [0.4, 0.5) is 5.69 Å². The number of aryl methyl sites for hydroxylation is 1. The van der Waals surface area contributed by atoms with Crippen molar-refractivity contribution in [3.05, 3.63) is 71.1 Å². The Morgan fingerprint density at radius 3 is 2.32 bits per heavy atom. The van der Waals surface area contributed by atoms with Crippen LogP contribution >= 0.6 is 11.8 Å². The van der Waals surface area contributed by atoms with E-state index < -0.39 is 0 Å². The van der Waals surface area contributed by atoms with E-state index in [1.54, 1.807) is 11.8 Å². The summed E-state index contributed by atoms with van der Waals surface area (Å²) in [6.07, 6.45) is 1.71. The zero-order chi connectivity index (χ0) is 15.8. The van der Waals surface area contributed by atoms with Crippen LogP contribution in [0.5, 0.6) is 0 Å². The number of carbonyl (C=O) groups is 1. The molecule has 0 aliphatic heterocycles. The Morgan fingerprint density at radius 2 is 1.73 bits per heavy atom. The second-order valence-corrected chi connectivity index (χ2v) is 5.87. The third kappa shape index (κ3) is 4.78. The minimum absolute atomic E-state index is 0.0322. The van der Waals surface area contributed by atoms with Crippen molar-refractivity contribution < 1.29 is 4.79 Å². The van der Waals surface area contributed by atoms with Crippen molar-refractivity contribution in [2.45, 2.75) is 31.6 Å². The van der Waals surface area contributed by atoms with Crippen molar-refractivity contribution in [1.82, 2.24) is 0 Å². The summed E-state index contributed by atoms with van der Waals surface area (Å²) in [7, 11) is 0. The van der Waals surface area contributed by atoms with Gasteiger partial charge in [-0.15, -0.1) is 0 Å². The fraction of sp³-hybridized carbons (Fsp3) is 0.211. The monoisotopic (exact) mass is 311 g/mol. The van der Waals surface area contributed by atoms with Gasteiger partial charge < -0.3 is 5.32 Å². The number of hydrogen-bond acceptors (Lipinski definition) is 2. The maximum absolute atomic E-state index is 12.3. The first kappa shape index (κ1) is 16.4. The van der Waals surface area contributed by atoms with E-state index in [1.807, 2.05) is 66.9 Å². The van der Waals surface area contributed by atoms with E-state index in [1.165, 1.54) is 5.56 Å². The van der Waals surface area contributed by atoms with Crippen molar-refractivity contribution in [1.29, 1.82) is 0 Å². The van der Waals surface area contributed by atoms with Gasteiger partial charge in [-0.2, -0.15) is 0 Å². The Bertz CT molecular complexity index is 632. The number of carbonyl (C=O) groups excluding carboxylic acids is 1. The highest BCUT2D eigenvalue weighted by atomic mass is 32.2. The van der Waals surface area contributed by atoms with E-state index in [0.717, 1.165) is 22.6 Å². The second-order valence-electron chi connectivity index (χ2n) is 4.93. The van der Waals surface area contributed by atoms with Gasteiger partial charge in [0.15, 0.2) is 0 Å². The average Bonchev–Trinajstić information content (AvgIpc) is 2.57. The van der Waals surface area contributed by atoms with Gasteiger partial charge in [0.05, 0.1) is 0 Å². The molecule has 2 nitrogen and oxygen atoms in total. The molecule has 22 heavy (non-hydrogen) atoms. The summed E-state index contributed by atoms with van der Waals surface area (Å²) in [6.45, 7) is 4.11. The molecule has 1 N–H and O–H groups in total. The van der Waals surface area contributed by atoms with Crippen LogP contribution in [0.25, 0.3) is 0 Å². The third-order valence-corrected chi connectivity index (χ3v) is 4.32. The molecule has 0 radical (unpaired) electrons. The highest BCUT2D eigenvalue weighted by molar-refractivity contribution is 8.02. The molecule has 0 fully saturated rings. The van der Waals surface area contributed by atoms with Gasteiger partial charge >= 0.3 is 0 Å². The molecule has 2 rings (SSSR count). The maximum Gasteiger partial charge on any atom is 0.252 e. The molecule has 0 saturated heterocycles. The van der Waals surface area contributed by atoms with Crippen LogP contribution in [0.1, 0.15) is 25.8 Å². The van der Waals surface area contributed by atoms with Gasteiger partial charge in [-0.25, -0.2) is 0 Å². The van der Waals surface area contributed by atoms with Crippen molar-refractivity contribution >= 4 is 23.4 Å². The lowest BCUT2D eigenvalue weighted by Crippen LogP contribution is -2.13. The first-order valence-electron chi connectivity index (χ1n) is 7.54. The number of hydrogen-bond donors (Lipinski definition) is 1. The first-order chi connectivity index (χ1) is 10.7. The quantitative estimate of drug-likeness (QED) is 0.581. The minimum Gasteiger partial charge on any atom is -0.322 e. The molecule has 2 aromatic carbocycles. The molecule has 0 aromatic heterocycles.